The third-order valence-corrected chi connectivity index (χ3v) is 4.19. The van der Waals surface area contributed by atoms with E-state index in [9.17, 15) is 19.1 Å². The number of carboxylic acids is 1. The molecule has 25 heavy (non-hydrogen) atoms. The molecule has 5 heteroatoms. The highest BCUT2D eigenvalue weighted by Crippen LogP contribution is 2.16. The summed E-state index contributed by atoms with van der Waals surface area (Å²) in [5, 5.41) is 12.0. The van der Waals surface area contributed by atoms with Crippen molar-refractivity contribution in [1.29, 1.82) is 0 Å². The lowest BCUT2D eigenvalue weighted by Gasteiger charge is -2.14. The summed E-state index contributed by atoms with van der Waals surface area (Å²) in [4.78, 5) is 23.5. The van der Waals surface area contributed by atoms with Crippen molar-refractivity contribution in [2.45, 2.75) is 32.6 Å². The Morgan fingerprint density at radius 2 is 1.80 bits per heavy atom. The highest BCUT2D eigenvalue weighted by molar-refractivity contribution is 5.80. The molecule has 2 N–H and O–H groups in total. The van der Waals surface area contributed by atoms with E-state index in [1.54, 1.807) is 0 Å². The minimum absolute atomic E-state index is 0.0212. The van der Waals surface area contributed by atoms with E-state index in [1.165, 1.54) is 29.8 Å². The van der Waals surface area contributed by atoms with Gasteiger partial charge in [-0.1, -0.05) is 35.9 Å². The van der Waals surface area contributed by atoms with Crippen LogP contribution in [0.1, 0.15) is 34.6 Å². The molecule has 0 aliphatic heterocycles. The average molecular weight is 343 g/mol. The molecule has 2 rings (SSSR count). The van der Waals surface area contributed by atoms with Crippen LogP contribution in [-0.4, -0.2) is 23.5 Å². The molecule has 0 radical (unpaired) electrons. The van der Waals surface area contributed by atoms with Gasteiger partial charge in [-0.05, 0) is 49.1 Å². The van der Waals surface area contributed by atoms with Gasteiger partial charge in [0.15, 0.2) is 0 Å². The predicted octanol–water partition coefficient (Wildman–Crippen LogP) is 3.36. The summed E-state index contributed by atoms with van der Waals surface area (Å²) < 4.78 is 13.0. The zero-order valence-electron chi connectivity index (χ0n) is 14.4. The van der Waals surface area contributed by atoms with E-state index >= 15 is 0 Å². The minimum Gasteiger partial charge on any atom is -0.481 e. The summed E-state index contributed by atoms with van der Waals surface area (Å²) in [5.74, 6) is -2.58. The van der Waals surface area contributed by atoms with Crippen LogP contribution in [0.25, 0.3) is 0 Å². The standard InChI is InChI=1S/C20H22FNO3/c1-13-3-4-15(14(2)11-13)7-10-19(23)22-12-18(20(24)25)16-5-8-17(21)9-6-16/h3-6,8-9,11,18H,7,10,12H2,1-2H3,(H,22,23)(H,24,25). The molecule has 0 spiro atoms. The molecule has 0 fully saturated rings. The fourth-order valence-electron chi connectivity index (χ4n) is 2.72. The fourth-order valence-corrected chi connectivity index (χ4v) is 2.72. The first-order valence-corrected chi connectivity index (χ1v) is 8.18. The Bertz CT molecular complexity index is 756. The van der Waals surface area contributed by atoms with Crippen molar-refractivity contribution in [2.24, 2.45) is 0 Å². The first kappa shape index (κ1) is 18.6. The van der Waals surface area contributed by atoms with Crippen LogP contribution in [-0.2, 0) is 16.0 Å². The number of aryl methyl sites for hydroxylation is 3. The van der Waals surface area contributed by atoms with Gasteiger partial charge in [-0.15, -0.1) is 0 Å². The van der Waals surface area contributed by atoms with Crippen molar-refractivity contribution in [3.63, 3.8) is 0 Å². The van der Waals surface area contributed by atoms with Crippen LogP contribution in [0.3, 0.4) is 0 Å². The lowest BCUT2D eigenvalue weighted by molar-refractivity contribution is -0.138. The molecule has 0 bridgehead atoms. The number of benzene rings is 2. The second-order valence-corrected chi connectivity index (χ2v) is 6.18. The Hall–Kier alpha value is -2.69. The number of carbonyl (C=O) groups excluding carboxylic acids is 1. The van der Waals surface area contributed by atoms with Crippen LogP contribution >= 0.6 is 0 Å². The highest BCUT2D eigenvalue weighted by Gasteiger charge is 2.20. The molecule has 0 aliphatic rings. The van der Waals surface area contributed by atoms with E-state index < -0.39 is 17.7 Å². The molecule has 0 aromatic heterocycles. The maximum atomic E-state index is 13.0. The van der Waals surface area contributed by atoms with E-state index in [0.717, 1.165) is 11.1 Å². The van der Waals surface area contributed by atoms with Crippen molar-refractivity contribution in [3.8, 4) is 0 Å². The van der Waals surface area contributed by atoms with E-state index in [1.807, 2.05) is 26.0 Å². The summed E-state index contributed by atoms with van der Waals surface area (Å²) in [5.41, 5.74) is 3.88. The SMILES string of the molecule is Cc1ccc(CCC(=O)NCC(C(=O)O)c2ccc(F)cc2)c(C)c1. The Kier molecular flexibility index (Phi) is 6.28. The van der Waals surface area contributed by atoms with Crippen LogP contribution in [0.5, 0.6) is 0 Å². The Labute approximate surface area is 146 Å². The third-order valence-electron chi connectivity index (χ3n) is 4.19. The minimum atomic E-state index is -1.05. The van der Waals surface area contributed by atoms with Gasteiger partial charge in [0.1, 0.15) is 5.82 Å². The maximum Gasteiger partial charge on any atom is 0.312 e. The number of rotatable bonds is 7. The number of carbonyl (C=O) groups is 2. The molecule has 1 atom stereocenters. The van der Waals surface area contributed by atoms with Crippen LogP contribution in [0.4, 0.5) is 4.39 Å². The van der Waals surface area contributed by atoms with Crippen LogP contribution in [0, 0.1) is 19.7 Å². The normalized spacial score (nSPS) is 11.8. The molecule has 0 saturated carbocycles. The summed E-state index contributed by atoms with van der Waals surface area (Å²) >= 11 is 0. The summed E-state index contributed by atoms with van der Waals surface area (Å²) in [6, 6.07) is 11.4. The molecule has 1 amide bonds. The Morgan fingerprint density at radius 3 is 2.40 bits per heavy atom. The molecular formula is C20H22FNO3. The second-order valence-electron chi connectivity index (χ2n) is 6.18. The molecule has 0 saturated heterocycles. The van der Waals surface area contributed by atoms with Crippen molar-refractivity contribution < 1.29 is 19.1 Å². The molecule has 2 aromatic carbocycles. The average Bonchev–Trinajstić information content (AvgIpc) is 2.55. The number of halogens is 1. The zero-order valence-corrected chi connectivity index (χ0v) is 14.4. The van der Waals surface area contributed by atoms with Crippen molar-refractivity contribution >= 4 is 11.9 Å². The maximum absolute atomic E-state index is 13.0. The van der Waals surface area contributed by atoms with E-state index in [2.05, 4.69) is 11.4 Å². The third kappa shape index (κ3) is 5.41. The van der Waals surface area contributed by atoms with Gasteiger partial charge in [-0.2, -0.15) is 0 Å². The molecule has 0 heterocycles. The van der Waals surface area contributed by atoms with Gasteiger partial charge >= 0.3 is 5.97 Å². The zero-order chi connectivity index (χ0) is 18.4. The quantitative estimate of drug-likeness (QED) is 0.810. The second kappa shape index (κ2) is 8.42. The van der Waals surface area contributed by atoms with Gasteiger partial charge in [0.2, 0.25) is 5.91 Å². The van der Waals surface area contributed by atoms with Gasteiger partial charge < -0.3 is 10.4 Å². The molecule has 1 unspecified atom stereocenters. The van der Waals surface area contributed by atoms with Crippen LogP contribution in [0.15, 0.2) is 42.5 Å². The van der Waals surface area contributed by atoms with E-state index in [0.29, 0.717) is 18.4 Å². The van der Waals surface area contributed by atoms with Gasteiger partial charge in [0, 0.05) is 13.0 Å². The molecule has 0 aliphatic carbocycles. The summed E-state index contributed by atoms with van der Waals surface area (Å²) in [7, 11) is 0. The van der Waals surface area contributed by atoms with Crippen molar-refractivity contribution in [2.75, 3.05) is 6.54 Å². The number of hydrogen-bond acceptors (Lipinski definition) is 2. The van der Waals surface area contributed by atoms with Gasteiger partial charge in [0.05, 0.1) is 5.92 Å². The van der Waals surface area contributed by atoms with Gasteiger partial charge in [0.25, 0.3) is 0 Å². The van der Waals surface area contributed by atoms with Gasteiger partial charge in [-0.3, -0.25) is 9.59 Å². The number of carboxylic acid groups (broad SMARTS) is 1. The monoisotopic (exact) mass is 343 g/mol. The Balaban J connectivity index is 1.90. The molecule has 132 valence electrons. The largest absolute Gasteiger partial charge is 0.481 e. The lowest BCUT2D eigenvalue weighted by atomic mass is 9.99. The molecule has 4 nitrogen and oxygen atoms in total. The number of hydrogen-bond donors (Lipinski definition) is 2. The lowest BCUT2D eigenvalue weighted by Crippen LogP contribution is -2.31. The first-order valence-electron chi connectivity index (χ1n) is 8.18. The van der Waals surface area contributed by atoms with Crippen LogP contribution in [0.2, 0.25) is 0 Å². The smallest absolute Gasteiger partial charge is 0.312 e. The van der Waals surface area contributed by atoms with Gasteiger partial charge in [-0.25, -0.2) is 4.39 Å². The summed E-state index contributed by atoms with van der Waals surface area (Å²) in [6.07, 6.45) is 0.895. The van der Waals surface area contributed by atoms with Crippen LogP contribution < -0.4 is 5.32 Å². The van der Waals surface area contributed by atoms with E-state index in [-0.39, 0.29) is 12.5 Å². The highest BCUT2D eigenvalue weighted by atomic mass is 19.1. The van der Waals surface area contributed by atoms with Crippen molar-refractivity contribution in [3.05, 3.63) is 70.5 Å². The molecule has 2 aromatic rings. The van der Waals surface area contributed by atoms with E-state index in [4.69, 9.17) is 0 Å². The number of aliphatic carboxylic acids is 1. The number of nitrogens with one attached hydrogen (secondary N) is 1. The van der Waals surface area contributed by atoms with Crippen molar-refractivity contribution in [1.82, 2.24) is 5.32 Å². The molecular weight excluding hydrogens is 321 g/mol. The Morgan fingerprint density at radius 1 is 1.12 bits per heavy atom. The first-order chi connectivity index (χ1) is 11.9. The fraction of sp³-hybridized carbons (Fsp3) is 0.300. The summed E-state index contributed by atoms with van der Waals surface area (Å²) in [6.45, 7) is 4.01. The topological polar surface area (TPSA) is 66.4 Å². The number of amides is 1. The predicted molar refractivity (Wildman–Crippen MR) is 94.0 cm³/mol.